The predicted octanol–water partition coefficient (Wildman–Crippen LogP) is 2.72. The number of aliphatic hydroxyl groups is 1. The van der Waals surface area contributed by atoms with E-state index >= 15 is 0 Å². The molecular formula is C14H15NOS. The van der Waals surface area contributed by atoms with E-state index in [1.54, 1.807) is 11.3 Å². The van der Waals surface area contributed by atoms with Crippen LogP contribution in [0.4, 0.5) is 0 Å². The van der Waals surface area contributed by atoms with Gasteiger partial charge in [-0.1, -0.05) is 30.3 Å². The minimum Gasteiger partial charge on any atom is -0.393 e. The summed E-state index contributed by atoms with van der Waals surface area (Å²) in [5, 5.41) is 9.39. The number of aliphatic hydroxyl groups excluding tert-OH is 1. The average Bonchev–Trinajstić information content (AvgIpc) is 2.78. The van der Waals surface area contributed by atoms with Gasteiger partial charge in [0.05, 0.1) is 11.6 Å². The Balaban J connectivity index is 1.89. The van der Waals surface area contributed by atoms with Crippen molar-refractivity contribution in [3.8, 4) is 10.4 Å². The largest absolute Gasteiger partial charge is 0.393 e. The van der Waals surface area contributed by atoms with Crippen LogP contribution in [-0.4, -0.2) is 11.2 Å². The third kappa shape index (κ3) is 1.90. The first-order chi connectivity index (χ1) is 8.17. The van der Waals surface area contributed by atoms with Gasteiger partial charge in [-0.2, -0.15) is 0 Å². The molecule has 17 heavy (non-hydrogen) atoms. The molecule has 0 unspecified atom stereocenters. The second-order valence-electron chi connectivity index (χ2n) is 4.75. The van der Waals surface area contributed by atoms with E-state index in [4.69, 9.17) is 5.73 Å². The molecule has 1 heterocycles. The number of thiophene rings is 1. The minimum absolute atomic E-state index is 0.220. The van der Waals surface area contributed by atoms with E-state index < -0.39 is 0 Å². The molecule has 0 bridgehead atoms. The monoisotopic (exact) mass is 245 g/mol. The van der Waals surface area contributed by atoms with Crippen molar-refractivity contribution in [2.75, 3.05) is 0 Å². The molecule has 0 spiro atoms. The fraction of sp³-hybridized carbons (Fsp3) is 0.286. The molecule has 88 valence electrons. The summed E-state index contributed by atoms with van der Waals surface area (Å²) in [6.45, 7) is 0. The molecule has 1 aliphatic carbocycles. The molecule has 0 saturated heterocycles. The van der Waals surface area contributed by atoms with Crippen molar-refractivity contribution in [3.05, 3.63) is 47.3 Å². The first-order valence-electron chi connectivity index (χ1n) is 5.80. The van der Waals surface area contributed by atoms with Gasteiger partial charge in [0.1, 0.15) is 0 Å². The van der Waals surface area contributed by atoms with Crippen molar-refractivity contribution >= 4 is 11.3 Å². The predicted molar refractivity (Wildman–Crippen MR) is 70.9 cm³/mol. The fourth-order valence-corrected chi connectivity index (χ4v) is 3.48. The molecule has 2 aromatic rings. The molecule has 1 aromatic heterocycles. The molecule has 0 aliphatic heterocycles. The average molecular weight is 245 g/mol. The lowest BCUT2D eigenvalue weighted by molar-refractivity contribution is 0.0227. The fourth-order valence-electron chi connectivity index (χ4n) is 2.35. The lowest BCUT2D eigenvalue weighted by Crippen LogP contribution is -2.51. The van der Waals surface area contributed by atoms with Gasteiger partial charge in [0.15, 0.2) is 0 Å². The Bertz CT molecular complexity index is 514. The summed E-state index contributed by atoms with van der Waals surface area (Å²) >= 11 is 1.73. The third-order valence-electron chi connectivity index (χ3n) is 3.35. The number of nitrogens with two attached hydrogens (primary N) is 1. The van der Waals surface area contributed by atoms with Crippen LogP contribution in [0.1, 0.15) is 17.7 Å². The van der Waals surface area contributed by atoms with E-state index in [9.17, 15) is 5.11 Å². The van der Waals surface area contributed by atoms with E-state index in [0.717, 1.165) is 0 Å². The van der Waals surface area contributed by atoms with Crippen molar-refractivity contribution in [3.63, 3.8) is 0 Å². The summed E-state index contributed by atoms with van der Waals surface area (Å²) in [5.74, 6) is 0. The molecule has 0 radical (unpaired) electrons. The molecule has 0 atom stereocenters. The van der Waals surface area contributed by atoms with Crippen LogP contribution in [0, 0.1) is 0 Å². The highest BCUT2D eigenvalue weighted by atomic mass is 32.1. The lowest BCUT2D eigenvalue weighted by atomic mass is 9.74. The topological polar surface area (TPSA) is 46.2 Å². The van der Waals surface area contributed by atoms with Crippen molar-refractivity contribution < 1.29 is 5.11 Å². The summed E-state index contributed by atoms with van der Waals surface area (Å²) in [6, 6.07) is 14.5. The molecule has 0 amide bonds. The zero-order valence-electron chi connectivity index (χ0n) is 9.47. The van der Waals surface area contributed by atoms with Crippen molar-refractivity contribution in [2.24, 2.45) is 5.73 Å². The summed E-state index contributed by atoms with van der Waals surface area (Å²) in [7, 11) is 0. The third-order valence-corrected chi connectivity index (χ3v) is 4.71. The van der Waals surface area contributed by atoms with Gasteiger partial charge in [-0.3, -0.25) is 0 Å². The number of hydrogen-bond donors (Lipinski definition) is 2. The van der Waals surface area contributed by atoms with Crippen LogP contribution in [-0.2, 0) is 5.54 Å². The Morgan fingerprint density at radius 2 is 1.82 bits per heavy atom. The number of benzene rings is 1. The molecule has 1 saturated carbocycles. The van der Waals surface area contributed by atoms with Crippen molar-refractivity contribution in [1.29, 1.82) is 0 Å². The van der Waals surface area contributed by atoms with E-state index in [1.165, 1.54) is 15.3 Å². The summed E-state index contributed by atoms with van der Waals surface area (Å²) in [4.78, 5) is 2.42. The van der Waals surface area contributed by atoms with Crippen LogP contribution >= 0.6 is 11.3 Å². The van der Waals surface area contributed by atoms with Crippen LogP contribution in [0.15, 0.2) is 42.5 Å². The molecule has 1 aliphatic rings. The second-order valence-corrected chi connectivity index (χ2v) is 5.83. The Kier molecular flexibility index (Phi) is 2.54. The molecule has 1 fully saturated rings. The zero-order valence-corrected chi connectivity index (χ0v) is 10.3. The Hall–Kier alpha value is -1.16. The molecule has 1 aromatic carbocycles. The molecule has 3 heteroatoms. The lowest BCUT2D eigenvalue weighted by Gasteiger charge is -2.41. The van der Waals surface area contributed by atoms with Crippen LogP contribution in [0.2, 0.25) is 0 Å². The van der Waals surface area contributed by atoms with Crippen LogP contribution in [0.25, 0.3) is 10.4 Å². The second kappa shape index (κ2) is 3.95. The molecule has 3 rings (SSSR count). The van der Waals surface area contributed by atoms with Gasteiger partial charge in [0, 0.05) is 9.75 Å². The Morgan fingerprint density at radius 3 is 2.47 bits per heavy atom. The standard InChI is InChI=1S/C14H15NOS/c15-14(8-11(16)9-14)13-7-6-12(17-13)10-4-2-1-3-5-10/h1-7,11,16H,8-9,15H2. The van der Waals surface area contributed by atoms with E-state index in [0.29, 0.717) is 12.8 Å². The minimum atomic E-state index is -0.295. The highest BCUT2D eigenvalue weighted by Crippen LogP contribution is 2.43. The number of hydrogen-bond acceptors (Lipinski definition) is 3. The maximum atomic E-state index is 9.39. The summed E-state index contributed by atoms with van der Waals surface area (Å²) < 4.78 is 0. The van der Waals surface area contributed by atoms with Crippen LogP contribution in [0.5, 0.6) is 0 Å². The Morgan fingerprint density at radius 1 is 1.12 bits per heavy atom. The number of rotatable bonds is 2. The maximum absolute atomic E-state index is 9.39. The maximum Gasteiger partial charge on any atom is 0.0582 e. The van der Waals surface area contributed by atoms with Gasteiger partial charge in [-0.15, -0.1) is 11.3 Å². The zero-order chi connectivity index (χ0) is 11.9. The quantitative estimate of drug-likeness (QED) is 0.854. The SMILES string of the molecule is NC1(c2ccc(-c3ccccc3)s2)CC(O)C1. The van der Waals surface area contributed by atoms with Gasteiger partial charge in [-0.05, 0) is 30.5 Å². The van der Waals surface area contributed by atoms with Crippen molar-refractivity contribution in [1.82, 2.24) is 0 Å². The normalized spacial score (nSPS) is 27.8. The van der Waals surface area contributed by atoms with Gasteiger partial charge in [-0.25, -0.2) is 0 Å². The smallest absolute Gasteiger partial charge is 0.0582 e. The highest BCUT2D eigenvalue weighted by Gasteiger charge is 2.42. The molecule has 2 nitrogen and oxygen atoms in total. The van der Waals surface area contributed by atoms with Crippen LogP contribution in [0.3, 0.4) is 0 Å². The van der Waals surface area contributed by atoms with E-state index in [2.05, 4.69) is 24.3 Å². The summed E-state index contributed by atoms with van der Waals surface area (Å²) in [6.07, 6.45) is 1.14. The molecule has 3 N–H and O–H groups in total. The van der Waals surface area contributed by atoms with E-state index in [1.807, 2.05) is 18.2 Å². The molecular weight excluding hydrogens is 230 g/mol. The van der Waals surface area contributed by atoms with Crippen LogP contribution < -0.4 is 5.73 Å². The highest BCUT2D eigenvalue weighted by molar-refractivity contribution is 7.15. The van der Waals surface area contributed by atoms with Gasteiger partial charge in [0.2, 0.25) is 0 Å². The van der Waals surface area contributed by atoms with Gasteiger partial charge < -0.3 is 10.8 Å². The van der Waals surface area contributed by atoms with Crippen molar-refractivity contribution in [2.45, 2.75) is 24.5 Å². The summed E-state index contributed by atoms with van der Waals surface area (Å²) in [5.41, 5.74) is 7.19. The first kappa shape index (κ1) is 11.0. The Labute approximate surface area is 105 Å². The van der Waals surface area contributed by atoms with Gasteiger partial charge in [0.25, 0.3) is 0 Å². The first-order valence-corrected chi connectivity index (χ1v) is 6.62. The van der Waals surface area contributed by atoms with Gasteiger partial charge >= 0.3 is 0 Å². The van der Waals surface area contributed by atoms with E-state index in [-0.39, 0.29) is 11.6 Å².